The van der Waals surface area contributed by atoms with E-state index in [1.54, 1.807) is 12.1 Å². The highest BCUT2D eigenvalue weighted by Gasteiger charge is 2.15. The van der Waals surface area contributed by atoms with Crippen molar-refractivity contribution in [3.63, 3.8) is 0 Å². The number of para-hydroxylation sites is 1. The van der Waals surface area contributed by atoms with Gasteiger partial charge in [0.2, 0.25) is 0 Å². The Kier molecular flexibility index (Phi) is 6.57. The number of nitrogens with two attached hydrogens (primary N) is 1. The normalized spacial score (nSPS) is 11.6. The number of carbonyl (C=O) groups is 2. The first-order chi connectivity index (χ1) is 12.0. The van der Waals surface area contributed by atoms with Gasteiger partial charge in [0.05, 0.1) is 5.56 Å². The smallest absolute Gasteiger partial charge is 0.340 e. The van der Waals surface area contributed by atoms with Crippen molar-refractivity contribution in [2.45, 2.75) is 32.7 Å². The van der Waals surface area contributed by atoms with E-state index >= 15 is 0 Å². The van der Waals surface area contributed by atoms with Crippen molar-refractivity contribution in [1.29, 1.82) is 0 Å². The fraction of sp³-hybridized carbons (Fsp3) is 0.300. The van der Waals surface area contributed by atoms with Crippen LogP contribution in [0.3, 0.4) is 0 Å². The van der Waals surface area contributed by atoms with Crippen molar-refractivity contribution in [2.24, 2.45) is 0 Å². The van der Waals surface area contributed by atoms with Gasteiger partial charge >= 0.3 is 5.97 Å². The molecule has 0 aromatic heterocycles. The highest BCUT2D eigenvalue weighted by molar-refractivity contribution is 5.96. The number of hydrogen-bond donors (Lipinski definition) is 2. The molecule has 2 aromatic rings. The monoisotopic (exact) mass is 340 g/mol. The van der Waals surface area contributed by atoms with E-state index in [9.17, 15) is 9.59 Å². The summed E-state index contributed by atoms with van der Waals surface area (Å²) in [5, 5.41) is 2.84. The summed E-state index contributed by atoms with van der Waals surface area (Å²) in [5.74, 6) is -0.909. The third-order valence-corrected chi connectivity index (χ3v) is 3.99. The van der Waals surface area contributed by atoms with E-state index in [4.69, 9.17) is 10.5 Å². The lowest BCUT2D eigenvalue weighted by Crippen LogP contribution is -2.36. The summed E-state index contributed by atoms with van der Waals surface area (Å²) >= 11 is 0. The molecule has 0 spiro atoms. The predicted molar refractivity (Wildman–Crippen MR) is 98.2 cm³/mol. The van der Waals surface area contributed by atoms with Crippen LogP contribution >= 0.6 is 0 Å². The number of benzene rings is 2. The number of carbonyl (C=O) groups excluding carboxylic acids is 2. The van der Waals surface area contributed by atoms with Crippen LogP contribution in [0.4, 0.5) is 5.69 Å². The molecule has 5 heteroatoms. The van der Waals surface area contributed by atoms with Crippen molar-refractivity contribution in [3.05, 3.63) is 65.2 Å². The predicted octanol–water partition coefficient (Wildman–Crippen LogP) is 2.87. The zero-order valence-corrected chi connectivity index (χ0v) is 14.6. The molecular formula is C20H24N2O3. The number of esters is 1. The number of anilines is 1. The molecule has 5 nitrogen and oxygen atoms in total. The third-order valence-electron chi connectivity index (χ3n) is 3.99. The lowest BCUT2D eigenvalue weighted by molar-refractivity contribution is -0.124. The van der Waals surface area contributed by atoms with Crippen LogP contribution in [-0.4, -0.2) is 24.5 Å². The molecule has 0 aliphatic heterocycles. The summed E-state index contributed by atoms with van der Waals surface area (Å²) < 4.78 is 5.06. The van der Waals surface area contributed by atoms with E-state index in [0.29, 0.717) is 5.69 Å². The summed E-state index contributed by atoms with van der Waals surface area (Å²) in [6, 6.07) is 15.2. The summed E-state index contributed by atoms with van der Waals surface area (Å²) in [4.78, 5) is 24.0. The van der Waals surface area contributed by atoms with Crippen LogP contribution < -0.4 is 11.1 Å². The number of hydrogen-bond acceptors (Lipinski definition) is 4. The quantitative estimate of drug-likeness (QED) is 0.600. The van der Waals surface area contributed by atoms with Crippen molar-refractivity contribution >= 4 is 17.6 Å². The third kappa shape index (κ3) is 5.64. The van der Waals surface area contributed by atoms with Gasteiger partial charge in [0.1, 0.15) is 0 Å². The maximum absolute atomic E-state index is 12.0. The molecule has 2 rings (SSSR count). The first kappa shape index (κ1) is 18.5. The summed E-state index contributed by atoms with van der Waals surface area (Å²) in [5.41, 5.74) is 8.55. The van der Waals surface area contributed by atoms with Crippen LogP contribution in [0.5, 0.6) is 0 Å². The summed E-state index contributed by atoms with van der Waals surface area (Å²) in [7, 11) is 0. The summed E-state index contributed by atoms with van der Waals surface area (Å²) in [6.45, 7) is 3.43. The van der Waals surface area contributed by atoms with Gasteiger partial charge in [-0.2, -0.15) is 0 Å². The van der Waals surface area contributed by atoms with Crippen molar-refractivity contribution in [1.82, 2.24) is 5.32 Å². The molecule has 0 fully saturated rings. The first-order valence-corrected chi connectivity index (χ1v) is 8.33. The molecule has 0 aliphatic carbocycles. The molecule has 3 N–H and O–H groups in total. The number of rotatable bonds is 7. The molecule has 0 saturated heterocycles. The fourth-order valence-electron chi connectivity index (χ4n) is 2.48. The Balaban J connectivity index is 1.76. The second-order valence-electron chi connectivity index (χ2n) is 6.11. The van der Waals surface area contributed by atoms with E-state index in [1.165, 1.54) is 5.56 Å². The van der Waals surface area contributed by atoms with Gasteiger partial charge in [0.25, 0.3) is 5.91 Å². The number of aryl methyl sites for hydroxylation is 2. The number of amides is 1. The first-order valence-electron chi connectivity index (χ1n) is 8.33. The minimum Gasteiger partial charge on any atom is -0.452 e. The second-order valence-corrected chi connectivity index (χ2v) is 6.11. The average molecular weight is 340 g/mol. The Labute approximate surface area is 148 Å². The standard InChI is InChI=1S/C20H24N2O3/c1-14-7-6-10-17(19(14)21)20(24)25-13-18(23)22-15(2)11-12-16-8-4-3-5-9-16/h3-10,15H,11-13,21H2,1-2H3,(H,22,23)/t15-/m0/s1. The lowest BCUT2D eigenvalue weighted by Gasteiger charge is -2.14. The molecule has 2 aromatic carbocycles. The minimum absolute atomic E-state index is 0.00422. The van der Waals surface area contributed by atoms with Gasteiger partial charge in [0.15, 0.2) is 6.61 Å². The van der Waals surface area contributed by atoms with Crippen molar-refractivity contribution in [2.75, 3.05) is 12.3 Å². The molecule has 0 unspecified atom stereocenters. The second kappa shape index (κ2) is 8.87. The highest BCUT2D eigenvalue weighted by atomic mass is 16.5. The maximum atomic E-state index is 12.0. The van der Waals surface area contributed by atoms with Gasteiger partial charge in [-0.1, -0.05) is 42.5 Å². The lowest BCUT2D eigenvalue weighted by atomic mass is 10.1. The number of ether oxygens (including phenoxy) is 1. The van der Waals surface area contributed by atoms with E-state index in [1.807, 2.05) is 38.1 Å². The Bertz CT molecular complexity index is 729. The van der Waals surface area contributed by atoms with Crippen LogP contribution in [0, 0.1) is 6.92 Å². The SMILES string of the molecule is Cc1cccc(C(=O)OCC(=O)N[C@@H](C)CCc2ccccc2)c1N. The van der Waals surface area contributed by atoms with Gasteiger partial charge in [-0.25, -0.2) is 4.79 Å². The Hall–Kier alpha value is -2.82. The van der Waals surface area contributed by atoms with Crippen molar-refractivity contribution in [3.8, 4) is 0 Å². The zero-order valence-electron chi connectivity index (χ0n) is 14.6. The minimum atomic E-state index is -0.590. The van der Waals surface area contributed by atoms with Crippen LogP contribution in [0.2, 0.25) is 0 Å². The largest absolute Gasteiger partial charge is 0.452 e. The van der Waals surface area contributed by atoms with E-state index in [2.05, 4.69) is 17.4 Å². The van der Waals surface area contributed by atoms with Crippen LogP contribution in [-0.2, 0) is 16.0 Å². The Morgan fingerprint density at radius 2 is 1.84 bits per heavy atom. The average Bonchev–Trinajstić information content (AvgIpc) is 2.61. The van der Waals surface area contributed by atoms with Crippen LogP contribution in [0.15, 0.2) is 48.5 Å². The van der Waals surface area contributed by atoms with Gasteiger partial charge < -0.3 is 15.8 Å². The van der Waals surface area contributed by atoms with Crippen molar-refractivity contribution < 1.29 is 14.3 Å². The molecule has 0 bridgehead atoms. The molecule has 0 heterocycles. The van der Waals surface area contributed by atoms with Crippen LogP contribution in [0.1, 0.15) is 34.8 Å². The number of nitrogens with one attached hydrogen (secondary N) is 1. The Morgan fingerprint density at radius 3 is 2.56 bits per heavy atom. The van der Waals surface area contributed by atoms with Gasteiger partial charge in [-0.15, -0.1) is 0 Å². The fourth-order valence-corrected chi connectivity index (χ4v) is 2.48. The molecule has 25 heavy (non-hydrogen) atoms. The van der Waals surface area contributed by atoms with Gasteiger partial charge in [-0.3, -0.25) is 4.79 Å². The van der Waals surface area contributed by atoms with Gasteiger partial charge in [0, 0.05) is 11.7 Å². The zero-order chi connectivity index (χ0) is 18.2. The maximum Gasteiger partial charge on any atom is 0.340 e. The number of nitrogen functional groups attached to an aromatic ring is 1. The molecule has 0 aliphatic rings. The highest BCUT2D eigenvalue weighted by Crippen LogP contribution is 2.17. The van der Waals surface area contributed by atoms with Crippen LogP contribution in [0.25, 0.3) is 0 Å². The van der Waals surface area contributed by atoms with E-state index in [0.717, 1.165) is 18.4 Å². The molecular weight excluding hydrogens is 316 g/mol. The molecule has 132 valence electrons. The van der Waals surface area contributed by atoms with E-state index < -0.39 is 5.97 Å². The molecule has 1 atom stereocenters. The Morgan fingerprint density at radius 1 is 1.12 bits per heavy atom. The topological polar surface area (TPSA) is 81.4 Å². The van der Waals surface area contributed by atoms with E-state index in [-0.39, 0.29) is 24.1 Å². The summed E-state index contributed by atoms with van der Waals surface area (Å²) in [6.07, 6.45) is 1.69. The molecule has 1 amide bonds. The molecule has 0 saturated carbocycles. The van der Waals surface area contributed by atoms with Gasteiger partial charge in [-0.05, 0) is 43.9 Å². The molecule has 0 radical (unpaired) electrons.